The van der Waals surface area contributed by atoms with Gasteiger partial charge in [-0.15, -0.1) is 11.3 Å². The van der Waals surface area contributed by atoms with Crippen molar-refractivity contribution in [1.29, 1.82) is 0 Å². The van der Waals surface area contributed by atoms with Crippen LogP contribution in [0.3, 0.4) is 0 Å². The van der Waals surface area contributed by atoms with Gasteiger partial charge in [0.15, 0.2) is 0 Å². The summed E-state index contributed by atoms with van der Waals surface area (Å²) in [5.74, 6) is 0.610. The molecule has 0 fully saturated rings. The first-order valence-electron chi connectivity index (χ1n) is 10.9. The standard InChI is InChI=1S/C24H27N3O2S/c1-15-10-11-18-20(12-15)30-23-22(18)24(29)27(14-25-23)13-21(28)26(2)19-9-5-7-16-6-3-4-8-17(16)19/h3-4,6,8,14-15,19H,5,7,9-13H2,1-2H3/t15-,19+/m1/s1. The zero-order valence-corrected chi connectivity index (χ0v) is 18.4. The molecule has 0 saturated carbocycles. The number of aryl methyl sites for hydroxylation is 2. The Balaban J connectivity index is 1.43. The molecule has 0 aliphatic heterocycles. The molecule has 2 atom stereocenters. The minimum Gasteiger partial charge on any atom is -0.337 e. The summed E-state index contributed by atoms with van der Waals surface area (Å²) in [6, 6.07) is 8.46. The molecule has 2 heterocycles. The van der Waals surface area contributed by atoms with E-state index < -0.39 is 0 Å². The van der Waals surface area contributed by atoms with Crippen LogP contribution in [-0.4, -0.2) is 27.4 Å². The number of carbonyl (C=O) groups excluding carboxylic acids is 1. The average molecular weight is 422 g/mol. The van der Waals surface area contributed by atoms with E-state index in [9.17, 15) is 9.59 Å². The molecule has 1 amide bonds. The van der Waals surface area contributed by atoms with Crippen molar-refractivity contribution in [3.8, 4) is 0 Å². The second-order valence-electron chi connectivity index (χ2n) is 8.82. The van der Waals surface area contributed by atoms with Crippen molar-refractivity contribution in [2.24, 2.45) is 5.92 Å². The molecule has 2 aliphatic rings. The third kappa shape index (κ3) is 3.27. The fourth-order valence-corrected chi connectivity index (χ4v) is 6.38. The summed E-state index contributed by atoms with van der Waals surface area (Å²) in [5, 5.41) is 0.739. The van der Waals surface area contributed by atoms with Gasteiger partial charge in [0.25, 0.3) is 5.56 Å². The summed E-state index contributed by atoms with van der Waals surface area (Å²) in [6.45, 7) is 2.30. The lowest BCUT2D eigenvalue weighted by molar-refractivity contribution is -0.133. The van der Waals surface area contributed by atoms with Crippen LogP contribution in [0.2, 0.25) is 0 Å². The van der Waals surface area contributed by atoms with Crippen LogP contribution >= 0.6 is 11.3 Å². The van der Waals surface area contributed by atoms with Gasteiger partial charge >= 0.3 is 0 Å². The number of aromatic nitrogens is 2. The molecule has 0 unspecified atom stereocenters. The van der Waals surface area contributed by atoms with Gasteiger partial charge in [-0.1, -0.05) is 31.2 Å². The van der Waals surface area contributed by atoms with E-state index in [1.807, 2.05) is 18.0 Å². The number of benzene rings is 1. The van der Waals surface area contributed by atoms with Crippen molar-refractivity contribution < 1.29 is 4.79 Å². The number of likely N-dealkylation sites (N-methyl/N-ethyl adjacent to an activating group) is 1. The van der Waals surface area contributed by atoms with Crippen LogP contribution in [0, 0.1) is 5.92 Å². The molecule has 0 saturated heterocycles. The highest BCUT2D eigenvalue weighted by Crippen LogP contribution is 2.36. The quantitative estimate of drug-likeness (QED) is 0.639. The van der Waals surface area contributed by atoms with Crippen molar-refractivity contribution in [1.82, 2.24) is 14.5 Å². The molecule has 0 radical (unpaired) electrons. The van der Waals surface area contributed by atoms with Crippen LogP contribution in [0.5, 0.6) is 0 Å². The van der Waals surface area contributed by atoms with Gasteiger partial charge in [-0.05, 0) is 61.1 Å². The highest BCUT2D eigenvalue weighted by atomic mass is 32.1. The van der Waals surface area contributed by atoms with E-state index >= 15 is 0 Å². The Morgan fingerprint density at radius 2 is 2.10 bits per heavy atom. The zero-order valence-electron chi connectivity index (χ0n) is 17.6. The molecule has 2 aromatic heterocycles. The van der Waals surface area contributed by atoms with Gasteiger partial charge in [0.05, 0.1) is 17.8 Å². The highest BCUT2D eigenvalue weighted by Gasteiger charge is 2.28. The molecular weight excluding hydrogens is 394 g/mol. The maximum atomic E-state index is 13.2. The van der Waals surface area contributed by atoms with E-state index in [-0.39, 0.29) is 24.1 Å². The molecule has 156 valence electrons. The van der Waals surface area contributed by atoms with E-state index in [4.69, 9.17) is 0 Å². The first kappa shape index (κ1) is 19.5. The molecule has 6 heteroatoms. The minimum atomic E-state index is -0.0714. The van der Waals surface area contributed by atoms with Gasteiger partial charge in [-0.25, -0.2) is 4.98 Å². The van der Waals surface area contributed by atoms with Crippen LogP contribution in [0.25, 0.3) is 10.2 Å². The summed E-state index contributed by atoms with van der Waals surface area (Å²) in [7, 11) is 1.86. The lowest BCUT2D eigenvalue weighted by Crippen LogP contribution is -2.37. The van der Waals surface area contributed by atoms with Crippen LogP contribution in [0.4, 0.5) is 0 Å². The normalized spacial score (nSPS) is 20.6. The predicted molar refractivity (Wildman–Crippen MR) is 120 cm³/mol. The molecule has 5 rings (SSSR count). The Kier molecular flexibility index (Phi) is 4.97. The maximum Gasteiger partial charge on any atom is 0.262 e. The average Bonchev–Trinajstić information content (AvgIpc) is 3.13. The monoisotopic (exact) mass is 421 g/mol. The number of carbonyl (C=O) groups is 1. The Morgan fingerprint density at radius 3 is 2.97 bits per heavy atom. The molecule has 0 N–H and O–H groups in total. The number of hydrogen-bond donors (Lipinski definition) is 0. The third-order valence-electron chi connectivity index (χ3n) is 6.79. The van der Waals surface area contributed by atoms with Gasteiger partial charge in [0.2, 0.25) is 5.91 Å². The van der Waals surface area contributed by atoms with E-state index in [1.165, 1.54) is 26.1 Å². The second kappa shape index (κ2) is 7.65. The maximum absolute atomic E-state index is 13.2. The van der Waals surface area contributed by atoms with Crippen molar-refractivity contribution >= 4 is 27.5 Å². The van der Waals surface area contributed by atoms with Crippen LogP contribution in [-0.2, 0) is 30.6 Å². The first-order chi connectivity index (χ1) is 14.5. The first-order valence-corrected chi connectivity index (χ1v) is 11.7. The molecule has 3 aromatic rings. The van der Waals surface area contributed by atoms with Crippen molar-refractivity contribution in [2.45, 2.75) is 58.0 Å². The van der Waals surface area contributed by atoms with E-state index in [0.29, 0.717) is 5.92 Å². The van der Waals surface area contributed by atoms with Gasteiger partial charge in [0, 0.05) is 11.9 Å². The predicted octanol–water partition coefficient (Wildman–Crippen LogP) is 4.12. The minimum absolute atomic E-state index is 0.0396. The molecule has 0 bridgehead atoms. The number of fused-ring (bicyclic) bond motifs is 4. The van der Waals surface area contributed by atoms with E-state index in [2.05, 4.69) is 30.1 Å². The van der Waals surface area contributed by atoms with Crippen LogP contribution in [0.15, 0.2) is 35.4 Å². The van der Waals surface area contributed by atoms with Crippen molar-refractivity contribution in [3.63, 3.8) is 0 Å². The van der Waals surface area contributed by atoms with Gasteiger partial charge in [-0.3, -0.25) is 14.2 Å². The van der Waals surface area contributed by atoms with E-state index in [1.54, 1.807) is 17.7 Å². The number of amides is 1. The Morgan fingerprint density at radius 1 is 1.27 bits per heavy atom. The molecule has 30 heavy (non-hydrogen) atoms. The van der Waals surface area contributed by atoms with Crippen LogP contribution < -0.4 is 5.56 Å². The SMILES string of the molecule is C[C@@H]1CCc2c(sc3ncn(CC(=O)N(C)[C@H]4CCCc5ccccc54)c(=O)c23)C1. The Bertz CT molecular complexity index is 1180. The number of hydrogen-bond acceptors (Lipinski definition) is 4. The number of nitrogens with zero attached hydrogens (tertiary/aromatic N) is 3. The van der Waals surface area contributed by atoms with Gasteiger partial charge in [0.1, 0.15) is 11.4 Å². The topological polar surface area (TPSA) is 55.2 Å². The molecule has 1 aromatic carbocycles. The zero-order chi connectivity index (χ0) is 20.8. The lowest BCUT2D eigenvalue weighted by Gasteiger charge is -2.33. The van der Waals surface area contributed by atoms with E-state index in [0.717, 1.165) is 48.7 Å². The highest BCUT2D eigenvalue weighted by molar-refractivity contribution is 7.18. The molecule has 2 aliphatic carbocycles. The number of thiophene rings is 1. The van der Waals surface area contributed by atoms with Crippen LogP contribution in [0.1, 0.15) is 53.8 Å². The fraction of sp³-hybridized carbons (Fsp3) is 0.458. The molecular formula is C24H27N3O2S. The van der Waals surface area contributed by atoms with Gasteiger partial charge in [-0.2, -0.15) is 0 Å². The largest absolute Gasteiger partial charge is 0.337 e. The summed E-state index contributed by atoms with van der Waals surface area (Å²) >= 11 is 1.65. The summed E-state index contributed by atoms with van der Waals surface area (Å²) in [4.78, 5) is 34.8. The van der Waals surface area contributed by atoms with Crippen molar-refractivity contribution in [3.05, 3.63) is 62.5 Å². The Hall–Kier alpha value is -2.47. The fourth-order valence-electron chi connectivity index (χ4n) is 5.04. The molecule has 0 spiro atoms. The van der Waals surface area contributed by atoms with Gasteiger partial charge < -0.3 is 4.90 Å². The lowest BCUT2D eigenvalue weighted by atomic mass is 9.87. The number of rotatable bonds is 3. The van der Waals surface area contributed by atoms with Crippen molar-refractivity contribution in [2.75, 3.05) is 7.05 Å². The Labute approximate surface area is 180 Å². The summed E-state index contributed by atoms with van der Waals surface area (Å²) in [5.41, 5.74) is 3.66. The second-order valence-corrected chi connectivity index (χ2v) is 9.90. The molecule has 5 nitrogen and oxygen atoms in total. The summed E-state index contributed by atoms with van der Waals surface area (Å²) in [6.07, 6.45) is 7.72. The third-order valence-corrected chi connectivity index (χ3v) is 7.95. The smallest absolute Gasteiger partial charge is 0.262 e. The summed E-state index contributed by atoms with van der Waals surface area (Å²) < 4.78 is 1.50.